The molecule has 0 radical (unpaired) electrons. The number of aromatic carboxylic acids is 1. The van der Waals surface area contributed by atoms with Gasteiger partial charge in [0.15, 0.2) is 0 Å². The maximum Gasteiger partial charge on any atom is 0.338 e. The SMILES string of the molecule is CC(C)c1cccc(-c2cc(F)c(C(=O)O)cc2Cl)c1. The summed E-state index contributed by atoms with van der Waals surface area (Å²) < 4.78 is 13.8. The molecule has 0 aliphatic heterocycles. The lowest BCUT2D eigenvalue weighted by molar-refractivity contribution is 0.0692. The average molecular weight is 293 g/mol. The lowest BCUT2D eigenvalue weighted by Crippen LogP contribution is -2.01. The van der Waals surface area contributed by atoms with Crippen LogP contribution in [-0.2, 0) is 0 Å². The molecule has 0 aromatic heterocycles. The molecule has 2 rings (SSSR count). The van der Waals surface area contributed by atoms with Gasteiger partial charge in [-0.2, -0.15) is 0 Å². The topological polar surface area (TPSA) is 37.3 Å². The van der Waals surface area contributed by atoms with Crippen LogP contribution in [0.5, 0.6) is 0 Å². The van der Waals surface area contributed by atoms with Crippen molar-refractivity contribution in [3.8, 4) is 11.1 Å². The van der Waals surface area contributed by atoms with E-state index in [0.717, 1.165) is 17.2 Å². The molecule has 0 saturated carbocycles. The number of hydrogen-bond donors (Lipinski definition) is 1. The van der Waals surface area contributed by atoms with Crippen molar-refractivity contribution in [2.24, 2.45) is 0 Å². The quantitative estimate of drug-likeness (QED) is 0.867. The van der Waals surface area contributed by atoms with Crippen molar-refractivity contribution < 1.29 is 14.3 Å². The van der Waals surface area contributed by atoms with E-state index in [0.29, 0.717) is 11.5 Å². The van der Waals surface area contributed by atoms with Crippen molar-refractivity contribution in [3.05, 3.63) is 58.4 Å². The lowest BCUT2D eigenvalue weighted by Gasteiger charge is -2.10. The summed E-state index contributed by atoms with van der Waals surface area (Å²) in [5, 5.41) is 9.10. The number of hydrogen-bond acceptors (Lipinski definition) is 1. The largest absolute Gasteiger partial charge is 0.478 e. The maximum atomic E-state index is 13.8. The highest BCUT2D eigenvalue weighted by Crippen LogP contribution is 2.32. The first-order valence-corrected chi connectivity index (χ1v) is 6.60. The first kappa shape index (κ1) is 14.5. The molecule has 0 bridgehead atoms. The van der Waals surface area contributed by atoms with Gasteiger partial charge in [0.05, 0.1) is 5.56 Å². The molecule has 0 fully saturated rings. The number of rotatable bonds is 3. The average Bonchev–Trinajstić information content (AvgIpc) is 2.40. The van der Waals surface area contributed by atoms with E-state index in [4.69, 9.17) is 16.7 Å². The van der Waals surface area contributed by atoms with Gasteiger partial charge in [-0.3, -0.25) is 0 Å². The summed E-state index contributed by atoms with van der Waals surface area (Å²) in [6.45, 7) is 4.13. The van der Waals surface area contributed by atoms with E-state index < -0.39 is 17.3 Å². The molecule has 2 aromatic carbocycles. The van der Waals surface area contributed by atoms with E-state index in [-0.39, 0.29) is 5.02 Å². The van der Waals surface area contributed by atoms with E-state index in [1.165, 1.54) is 6.07 Å². The van der Waals surface area contributed by atoms with Crippen molar-refractivity contribution >= 4 is 17.6 Å². The molecule has 4 heteroatoms. The van der Waals surface area contributed by atoms with E-state index in [9.17, 15) is 9.18 Å². The summed E-state index contributed by atoms with van der Waals surface area (Å²) in [7, 11) is 0. The zero-order valence-corrected chi connectivity index (χ0v) is 11.9. The predicted octanol–water partition coefficient (Wildman–Crippen LogP) is 4.97. The van der Waals surface area contributed by atoms with Gasteiger partial charge in [-0.05, 0) is 29.2 Å². The van der Waals surface area contributed by atoms with Crippen LogP contribution in [0.1, 0.15) is 35.7 Å². The van der Waals surface area contributed by atoms with Gasteiger partial charge in [0.2, 0.25) is 0 Å². The fourth-order valence-corrected chi connectivity index (χ4v) is 2.27. The molecule has 2 aromatic rings. The van der Waals surface area contributed by atoms with Crippen LogP contribution in [0.25, 0.3) is 11.1 Å². The Labute approximate surface area is 121 Å². The van der Waals surface area contributed by atoms with Gasteiger partial charge in [0, 0.05) is 10.6 Å². The van der Waals surface area contributed by atoms with Crippen LogP contribution < -0.4 is 0 Å². The van der Waals surface area contributed by atoms with Gasteiger partial charge in [-0.15, -0.1) is 0 Å². The van der Waals surface area contributed by atoms with Crippen LogP contribution in [0.4, 0.5) is 4.39 Å². The Hall–Kier alpha value is -1.87. The first-order valence-electron chi connectivity index (χ1n) is 6.23. The summed E-state index contributed by atoms with van der Waals surface area (Å²) in [5.41, 5.74) is 1.97. The summed E-state index contributed by atoms with van der Waals surface area (Å²) in [6.07, 6.45) is 0. The summed E-state index contributed by atoms with van der Waals surface area (Å²) in [4.78, 5) is 10.9. The second kappa shape index (κ2) is 5.63. The fraction of sp³-hybridized carbons (Fsp3) is 0.188. The molecular weight excluding hydrogens is 279 g/mol. The van der Waals surface area contributed by atoms with E-state index in [2.05, 4.69) is 13.8 Å². The molecule has 0 atom stereocenters. The number of carbonyl (C=O) groups is 1. The summed E-state index contributed by atoms with van der Waals surface area (Å²) in [5.74, 6) is -1.77. The van der Waals surface area contributed by atoms with Gasteiger partial charge in [0.25, 0.3) is 0 Å². The zero-order valence-electron chi connectivity index (χ0n) is 11.2. The molecular formula is C16H14ClFO2. The minimum Gasteiger partial charge on any atom is -0.478 e. The van der Waals surface area contributed by atoms with Crippen molar-refractivity contribution in [1.82, 2.24) is 0 Å². The Morgan fingerprint density at radius 2 is 1.95 bits per heavy atom. The second-order valence-electron chi connectivity index (χ2n) is 4.90. The lowest BCUT2D eigenvalue weighted by atomic mass is 9.96. The third-order valence-electron chi connectivity index (χ3n) is 3.15. The summed E-state index contributed by atoms with van der Waals surface area (Å²) in [6, 6.07) is 9.95. The Bertz CT molecular complexity index is 666. The van der Waals surface area contributed by atoms with Crippen LogP contribution in [0.3, 0.4) is 0 Å². The normalized spacial score (nSPS) is 10.8. The van der Waals surface area contributed by atoms with E-state index in [1.807, 2.05) is 24.3 Å². The van der Waals surface area contributed by atoms with Crippen molar-refractivity contribution in [2.45, 2.75) is 19.8 Å². The third-order valence-corrected chi connectivity index (χ3v) is 3.46. The Morgan fingerprint density at radius 3 is 2.55 bits per heavy atom. The van der Waals surface area contributed by atoms with E-state index in [1.54, 1.807) is 0 Å². The fourth-order valence-electron chi connectivity index (χ4n) is 2.00. The van der Waals surface area contributed by atoms with Gasteiger partial charge in [-0.25, -0.2) is 9.18 Å². The number of benzene rings is 2. The smallest absolute Gasteiger partial charge is 0.338 e. The van der Waals surface area contributed by atoms with Crippen molar-refractivity contribution in [1.29, 1.82) is 0 Å². The molecule has 0 spiro atoms. The first-order chi connectivity index (χ1) is 9.40. The second-order valence-corrected chi connectivity index (χ2v) is 5.30. The van der Waals surface area contributed by atoms with Crippen LogP contribution >= 0.6 is 11.6 Å². The third kappa shape index (κ3) is 2.83. The number of carboxylic acid groups (broad SMARTS) is 1. The minimum atomic E-state index is -1.33. The molecule has 20 heavy (non-hydrogen) atoms. The highest BCUT2D eigenvalue weighted by Gasteiger charge is 2.15. The molecule has 0 aliphatic carbocycles. The van der Waals surface area contributed by atoms with Gasteiger partial charge in [0.1, 0.15) is 5.82 Å². The highest BCUT2D eigenvalue weighted by molar-refractivity contribution is 6.33. The van der Waals surface area contributed by atoms with Crippen LogP contribution in [0, 0.1) is 5.82 Å². The standard InChI is InChI=1S/C16H14ClFO2/c1-9(2)10-4-3-5-11(6-10)12-8-15(18)13(16(19)20)7-14(12)17/h3-9H,1-2H3,(H,19,20). The summed E-state index contributed by atoms with van der Waals surface area (Å²) >= 11 is 6.08. The monoisotopic (exact) mass is 292 g/mol. The Balaban J connectivity index is 2.56. The Kier molecular flexibility index (Phi) is 4.09. The van der Waals surface area contributed by atoms with Crippen molar-refractivity contribution in [3.63, 3.8) is 0 Å². The van der Waals surface area contributed by atoms with Crippen molar-refractivity contribution in [2.75, 3.05) is 0 Å². The van der Waals surface area contributed by atoms with Gasteiger partial charge in [-0.1, -0.05) is 49.7 Å². The van der Waals surface area contributed by atoms with Gasteiger partial charge < -0.3 is 5.11 Å². The molecule has 1 N–H and O–H groups in total. The molecule has 0 heterocycles. The molecule has 0 aliphatic rings. The van der Waals surface area contributed by atoms with Crippen LogP contribution in [0.15, 0.2) is 36.4 Å². The molecule has 0 amide bonds. The van der Waals surface area contributed by atoms with Crippen LogP contribution in [0.2, 0.25) is 5.02 Å². The number of carboxylic acids is 1. The van der Waals surface area contributed by atoms with Crippen LogP contribution in [-0.4, -0.2) is 11.1 Å². The molecule has 104 valence electrons. The highest BCUT2D eigenvalue weighted by atomic mass is 35.5. The predicted molar refractivity (Wildman–Crippen MR) is 77.9 cm³/mol. The maximum absolute atomic E-state index is 13.8. The number of halogens is 2. The van der Waals surface area contributed by atoms with E-state index >= 15 is 0 Å². The zero-order chi connectivity index (χ0) is 14.9. The molecule has 0 unspecified atom stereocenters. The molecule has 0 saturated heterocycles. The Morgan fingerprint density at radius 1 is 1.25 bits per heavy atom. The van der Waals surface area contributed by atoms with Gasteiger partial charge >= 0.3 is 5.97 Å². The molecule has 2 nitrogen and oxygen atoms in total. The minimum absolute atomic E-state index is 0.227.